The van der Waals surface area contributed by atoms with Gasteiger partial charge in [-0.3, -0.25) is 9.59 Å². The summed E-state index contributed by atoms with van der Waals surface area (Å²) in [6, 6.07) is 12.7. The fourth-order valence-corrected chi connectivity index (χ4v) is 2.48. The molecule has 2 aromatic carbocycles. The van der Waals surface area contributed by atoms with Crippen LogP contribution >= 0.6 is 0 Å². The minimum atomic E-state index is -0.130. The maximum atomic E-state index is 12.1. The van der Waals surface area contributed by atoms with E-state index < -0.39 is 0 Å². The lowest BCUT2D eigenvalue weighted by molar-refractivity contribution is -0.121. The monoisotopic (exact) mass is 356 g/mol. The average Bonchev–Trinajstić information content (AvgIpc) is 2.70. The summed E-state index contributed by atoms with van der Waals surface area (Å²) in [7, 11) is 4.79. The van der Waals surface area contributed by atoms with Crippen molar-refractivity contribution in [3.63, 3.8) is 0 Å². The van der Waals surface area contributed by atoms with Gasteiger partial charge in [-0.2, -0.15) is 0 Å². The van der Waals surface area contributed by atoms with Gasteiger partial charge in [-0.05, 0) is 41.8 Å². The largest absolute Gasteiger partial charge is 0.497 e. The zero-order chi connectivity index (χ0) is 18.9. The average molecular weight is 356 g/mol. The molecule has 2 N–H and O–H groups in total. The van der Waals surface area contributed by atoms with Crippen LogP contribution in [-0.4, -0.2) is 33.1 Å². The quantitative estimate of drug-likeness (QED) is 0.761. The van der Waals surface area contributed by atoms with Crippen LogP contribution in [0.4, 0.5) is 0 Å². The van der Waals surface area contributed by atoms with Crippen LogP contribution < -0.4 is 20.1 Å². The van der Waals surface area contributed by atoms with Crippen LogP contribution in [0.25, 0.3) is 0 Å². The number of methoxy groups -OCH3 is 2. The van der Waals surface area contributed by atoms with Gasteiger partial charge in [0.15, 0.2) is 0 Å². The Hall–Kier alpha value is -3.02. The number of rotatable bonds is 8. The van der Waals surface area contributed by atoms with Crippen molar-refractivity contribution in [1.82, 2.24) is 10.6 Å². The Morgan fingerprint density at radius 2 is 1.54 bits per heavy atom. The highest BCUT2D eigenvalue weighted by Gasteiger charge is 2.07. The van der Waals surface area contributed by atoms with E-state index in [1.807, 2.05) is 24.3 Å². The molecule has 0 unspecified atom stereocenters. The van der Waals surface area contributed by atoms with Crippen LogP contribution in [0, 0.1) is 0 Å². The van der Waals surface area contributed by atoms with Crippen LogP contribution in [0.2, 0.25) is 0 Å². The van der Waals surface area contributed by atoms with Crippen molar-refractivity contribution in [2.45, 2.75) is 19.4 Å². The molecule has 0 heterocycles. The van der Waals surface area contributed by atoms with E-state index >= 15 is 0 Å². The van der Waals surface area contributed by atoms with Crippen molar-refractivity contribution in [2.75, 3.05) is 21.3 Å². The molecular weight excluding hydrogens is 332 g/mol. The number of nitrogens with one attached hydrogen (secondary N) is 2. The van der Waals surface area contributed by atoms with Gasteiger partial charge >= 0.3 is 0 Å². The van der Waals surface area contributed by atoms with E-state index in [1.165, 1.54) is 0 Å². The Morgan fingerprint density at radius 3 is 2.08 bits per heavy atom. The Labute approximate surface area is 153 Å². The summed E-state index contributed by atoms with van der Waals surface area (Å²) in [5, 5.41) is 5.46. The van der Waals surface area contributed by atoms with Crippen molar-refractivity contribution in [3.05, 3.63) is 59.2 Å². The van der Waals surface area contributed by atoms with Crippen molar-refractivity contribution in [3.8, 4) is 11.5 Å². The third-order valence-corrected chi connectivity index (χ3v) is 3.98. The third kappa shape index (κ3) is 5.51. The molecule has 2 amide bonds. The SMILES string of the molecule is CNC(=O)c1ccc(CNC(=O)CCc2cc(OC)cc(OC)c2)cc1. The van der Waals surface area contributed by atoms with Gasteiger partial charge in [0.05, 0.1) is 14.2 Å². The van der Waals surface area contributed by atoms with Crippen molar-refractivity contribution in [1.29, 1.82) is 0 Å². The highest BCUT2D eigenvalue weighted by molar-refractivity contribution is 5.93. The van der Waals surface area contributed by atoms with Gasteiger partial charge < -0.3 is 20.1 Å². The summed E-state index contributed by atoms with van der Waals surface area (Å²) < 4.78 is 10.5. The molecule has 138 valence electrons. The molecule has 26 heavy (non-hydrogen) atoms. The van der Waals surface area contributed by atoms with Gasteiger partial charge in [0.25, 0.3) is 5.91 Å². The smallest absolute Gasteiger partial charge is 0.251 e. The van der Waals surface area contributed by atoms with Crippen molar-refractivity contribution in [2.24, 2.45) is 0 Å². The predicted molar refractivity (Wildman–Crippen MR) is 99.5 cm³/mol. The highest BCUT2D eigenvalue weighted by Crippen LogP contribution is 2.23. The molecule has 0 aliphatic carbocycles. The zero-order valence-electron chi connectivity index (χ0n) is 15.3. The number of hydrogen-bond donors (Lipinski definition) is 2. The molecule has 0 aliphatic heterocycles. The molecule has 0 bridgehead atoms. The number of benzene rings is 2. The van der Waals surface area contributed by atoms with E-state index in [0.29, 0.717) is 36.4 Å². The molecule has 6 nitrogen and oxygen atoms in total. The fourth-order valence-electron chi connectivity index (χ4n) is 2.48. The first-order valence-corrected chi connectivity index (χ1v) is 8.35. The lowest BCUT2D eigenvalue weighted by atomic mass is 10.1. The van der Waals surface area contributed by atoms with Crippen LogP contribution in [0.15, 0.2) is 42.5 Å². The first-order valence-electron chi connectivity index (χ1n) is 8.35. The normalized spacial score (nSPS) is 10.1. The minimum absolute atomic E-state index is 0.0397. The second kappa shape index (κ2) is 9.46. The molecule has 0 atom stereocenters. The van der Waals surface area contributed by atoms with Crippen molar-refractivity contribution >= 4 is 11.8 Å². The number of amides is 2. The van der Waals surface area contributed by atoms with Gasteiger partial charge in [-0.15, -0.1) is 0 Å². The van der Waals surface area contributed by atoms with Gasteiger partial charge in [0, 0.05) is 31.6 Å². The Kier molecular flexibility index (Phi) is 7.02. The third-order valence-electron chi connectivity index (χ3n) is 3.98. The van der Waals surface area contributed by atoms with E-state index in [1.54, 1.807) is 39.5 Å². The molecule has 0 spiro atoms. The summed E-state index contributed by atoms with van der Waals surface area (Å²) in [6.45, 7) is 0.425. The molecule has 0 aromatic heterocycles. The van der Waals surface area contributed by atoms with E-state index in [4.69, 9.17) is 9.47 Å². The van der Waals surface area contributed by atoms with Crippen LogP contribution in [0.3, 0.4) is 0 Å². The summed E-state index contributed by atoms with van der Waals surface area (Å²) in [6.07, 6.45) is 0.960. The maximum absolute atomic E-state index is 12.1. The number of carbonyl (C=O) groups excluding carboxylic acids is 2. The number of aryl methyl sites for hydroxylation is 1. The molecule has 0 fully saturated rings. The topological polar surface area (TPSA) is 76.7 Å². The van der Waals surface area contributed by atoms with Gasteiger partial charge in [0.2, 0.25) is 5.91 Å². The highest BCUT2D eigenvalue weighted by atomic mass is 16.5. The molecule has 6 heteroatoms. The van der Waals surface area contributed by atoms with Gasteiger partial charge in [-0.1, -0.05) is 12.1 Å². The van der Waals surface area contributed by atoms with Crippen LogP contribution in [-0.2, 0) is 17.8 Å². The summed E-state index contributed by atoms with van der Waals surface area (Å²) in [4.78, 5) is 23.6. The molecule has 0 aliphatic rings. The summed E-state index contributed by atoms with van der Waals surface area (Å²) >= 11 is 0. The molecule has 2 rings (SSSR count). The Balaban J connectivity index is 1.84. The number of carbonyl (C=O) groups is 2. The fraction of sp³-hybridized carbons (Fsp3) is 0.300. The Bertz CT molecular complexity index is 735. The van der Waals surface area contributed by atoms with Crippen LogP contribution in [0.5, 0.6) is 11.5 Å². The molecule has 2 aromatic rings. The van der Waals surface area contributed by atoms with E-state index in [0.717, 1.165) is 11.1 Å². The standard InChI is InChI=1S/C20H24N2O4/c1-21-20(24)16-7-4-14(5-8-16)13-22-19(23)9-6-15-10-17(25-2)12-18(11-15)26-3/h4-5,7-8,10-12H,6,9,13H2,1-3H3,(H,21,24)(H,22,23). The summed E-state index contributed by atoms with van der Waals surface area (Å²) in [5.41, 5.74) is 2.51. The second-order valence-corrected chi connectivity index (χ2v) is 5.77. The first-order chi connectivity index (χ1) is 12.5. The van der Waals surface area contributed by atoms with Crippen molar-refractivity contribution < 1.29 is 19.1 Å². The lowest BCUT2D eigenvalue weighted by Gasteiger charge is -2.09. The first kappa shape index (κ1) is 19.3. The number of hydrogen-bond acceptors (Lipinski definition) is 4. The van der Waals surface area contributed by atoms with Gasteiger partial charge in [0.1, 0.15) is 11.5 Å². The maximum Gasteiger partial charge on any atom is 0.251 e. The molecule has 0 radical (unpaired) electrons. The second-order valence-electron chi connectivity index (χ2n) is 5.77. The minimum Gasteiger partial charge on any atom is -0.497 e. The van der Waals surface area contributed by atoms with Crippen LogP contribution in [0.1, 0.15) is 27.9 Å². The zero-order valence-corrected chi connectivity index (χ0v) is 15.3. The van der Waals surface area contributed by atoms with E-state index in [9.17, 15) is 9.59 Å². The number of ether oxygens (including phenoxy) is 2. The lowest BCUT2D eigenvalue weighted by Crippen LogP contribution is -2.23. The molecule has 0 saturated heterocycles. The van der Waals surface area contributed by atoms with E-state index in [2.05, 4.69) is 10.6 Å². The molecular formula is C20H24N2O4. The van der Waals surface area contributed by atoms with Gasteiger partial charge in [-0.25, -0.2) is 0 Å². The molecule has 0 saturated carbocycles. The Morgan fingerprint density at radius 1 is 0.923 bits per heavy atom. The summed E-state index contributed by atoms with van der Waals surface area (Å²) in [5.74, 6) is 1.24. The predicted octanol–water partition coefficient (Wildman–Crippen LogP) is 2.31. The van der Waals surface area contributed by atoms with E-state index in [-0.39, 0.29) is 11.8 Å².